The number of imide groups is 1. The maximum Gasteiger partial charge on any atom is 0.325 e. The van der Waals surface area contributed by atoms with Gasteiger partial charge in [0.1, 0.15) is 12.1 Å². The van der Waals surface area contributed by atoms with E-state index in [1.54, 1.807) is 12.1 Å². The van der Waals surface area contributed by atoms with Crippen LogP contribution in [0.25, 0.3) is 11.4 Å². The molecule has 0 unspecified atom stereocenters. The van der Waals surface area contributed by atoms with Crippen LogP contribution in [0.4, 0.5) is 4.79 Å². The fraction of sp³-hybridized carbons (Fsp3) is 0.500. The highest BCUT2D eigenvalue weighted by atomic mass is 16.5. The summed E-state index contributed by atoms with van der Waals surface area (Å²) in [5.74, 6) is 1.57. The van der Waals surface area contributed by atoms with Gasteiger partial charge in [0.25, 0.3) is 5.91 Å². The molecule has 2 heterocycles. The summed E-state index contributed by atoms with van der Waals surface area (Å²) in [6.45, 7) is -0.0795. The van der Waals surface area contributed by atoms with E-state index in [0.717, 1.165) is 24.2 Å². The first kappa shape index (κ1) is 20.0. The van der Waals surface area contributed by atoms with E-state index in [1.165, 1.54) is 21.3 Å². The van der Waals surface area contributed by atoms with E-state index in [2.05, 4.69) is 15.5 Å². The van der Waals surface area contributed by atoms with Crippen LogP contribution in [-0.2, 0) is 11.3 Å². The van der Waals surface area contributed by atoms with Crippen LogP contribution < -0.4 is 19.5 Å². The summed E-state index contributed by atoms with van der Waals surface area (Å²) >= 11 is 0. The molecule has 4 rings (SSSR count). The van der Waals surface area contributed by atoms with Gasteiger partial charge >= 0.3 is 6.03 Å². The van der Waals surface area contributed by atoms with Crippen LogP contribution in [0, 0.1) is 0 Å². The van der Waals surface area contributed by atoms with Crippen LogP contribution in [0.3, 0.4) is 0 Å². The lowest BCUT2D eigenvalue weighted by Crippen LogP contribution is -2.48. The Hall–Kier alpha value is -3.30. The first-order valence-electron chi connectivity index (χ1n) is 9.78. The quantitative estimate of drug-likeness (QED) is 0.714. The molecule has 1 N–H and O–H groups in total. The number of hydrogen-bond donors (Lipinski definition) is 1. The Morgan fingerprint density at radius 2 is 1.73 bits per heavy atom. The number of rotatable bonds is 6. The van der Waals surface area contributed by atoms with Gasteiger partial charge in [0.2, 0.25) is 17.5 Å². The molecule has 1 aromatic carbocycles. The first-order valence-corrected chi connectivity index (χ1v) is 9.78. The molecule has 1 aliphatic carbocycles. The van der Waals surface area contributed by atoms with Crippen molar-refractivity contribution >= 4 is 11.9 Å². The van der Waals surface area contributed by atoms with Crippen LogP contribution in [0.5, 0.6) is 17.2 Å². The molecule has 0 atom stereocenters. The number of methoxy groups -OCH3 is 3. The number of urea groups is 1. The topological polar surface area (TPSA) is 116 Å². The van der Waals surface area contributed by atoms with Gasteiger partial charge in [-0.25, -0.2) is 4.79 Å². The minimum atomic E-state index is -0.783. The van der Waals surface area contributed by atoms with Crippen molar-refractivity contribution in [3.8, 4) is 28.6 Å². The SMILES string of the molecule is COc1cc(-c2noc(CN3C(=O)NC4(CCCCC4)C3=O)n2)cc(OC)c1OC. The standard InChI is InChI=1S/C20H24N4O6/c1-27-13-9-12(10-14(28-2)16(13)29-3)17-21-15(30-23-17)11-24-18(25)20(22-19(24)26)7-5-4-6-8-20/h9-10H,4-8,11H2,1-3H3,(H,22,26). The highest BCUT2D eigenvalue weighted by Crippen LogP contribution is 2.40. The zero-order valence-corrected chi connectivity index (χ0v) is 17.2. The van der Waals surface area contributed by atoms with Gasteiger partial charge in [-0.05, 0) is 25.0 Å². The van der Waals surface area contributed by atoms with Crippen molar-refractivity contribution in [2.45, 2.75) is 44.2 Å². The summed E-state index contributed by atoms with van der Waals surface area (Å²) < 4.78 is 21.3. The maximum atomic E-state index is 12.9. The zero-order chi connectivity index (χ0) is 21.3. The number of nitrogens with zero attached hydrogens (tertiary/aromatic N) is 3. The first-order chi connectivity index (χ1) is 14.5. The highest BCUT2D eigenvalue weighted by molar-refractivity contribution is 6.07. The van der Waals surface area contributed by atoms with Gasteiger partial charge in [0, 0.05) is 5.56 Å². The summed E-state index contributed by atoms with van der Waals surface area (Å²) in [6.07, 6.45) is 4.24. The number of aromatic nitrogens is 2. The summed E-state index contributed by atoms with van der Waals surface area (Å²) in [5, 5.41) is 6.85. The largest absolute Gasteiger partial charge is 0.493 e. The molecule has 160 valence electrons. The molecule has 1 saturated carbocycles. The van der Waals surface area contributed by atoms with Crippen LogP contribution in [0.2, 0.25) is 0 Å². The van der Waals surface area contributed by atoms with Crippen molar-refractivity contribution in [1.29, 1.82) is 0 Å². The summed E-state index contributed by atoms with van der Waals surface area (Å²) in [4.78, 5) is 30.9. The predicted molar refractivity (Wildman–Crippen MR) is 104 cm³/mol. The van der Waals surface area contributed by atoms with Gasteiger partial charge < -0.3 is 24.1 Å². The van der Waals surface area contributed by atoms with E-state index in [0.29, 0.717) is 35.7 Å². The maximum absolute atomic E-state index is 12.9. The Bertz CT molecular complexity index is 941. The Morgan fingerprint density at radius 1 is 1.07 bits per heavy atom. The average molecular weight is 416 g/mol. The zero-order valence-electron chi connectivity index (χ0n) is 17.2. The molecule has 2 fully saturated rings. The predicted octanol–water partition coefficient (Wildman–Crippen LogP) is 2.52. The van der Waals surface area contributed by atoms with Crippen LogP contribution >= 0.6 is 0 Å². The number of nitrogens with one attached hydrogen (secondary N) is 1. The second-order valence-electron chi connectivity index (χ2n) is 7.39. The molecule has 0 bridgehead atoms. The summed E-state index contributed by atoms with van der Waals surface area (Å²) in [5.41, 5.74) is -0.199. The third-order valence-electron chi connectivity index (χ3n) is 5.64. The lowest BCUT2D eigenvalue weighted by atomic mass is 9.82. The van der Waals surface area contributed by atoms with E-state index >= 15 is 0 Å². The minimum Gasteiger partial charge on any atom is -0.493 e. The van der Waals surface area contributed by atoms with E-state index in [-0.39, 0.29) is 24.2 Å². The van der Waals surface area contributed by atoms with Gasteiger partial charge in [0.05, 0.1) is 21.3 Å². The molecule has 1 aliphatic heterocycles. The van der Waals surface area contributed by atoms with Crippen LogP contribution in [0.15, 0.2) is 16.7 Å². The van der Waals surface area contributed by atoms with Crippen molar-refractivity contribution in [2.75, 3.05) is 21.3 Å². The number of ether oxygens (including phenoxy) is 3. The molecule has 1 spiro atoms. The molecule has 2 aliphatic rings. The smallest absolute Gasteiger partial charge is 0.325 e. The van der Waals surface area contributed by atoms with E-state index in [9.17, 15) is 9.59 Å². The third-order valence-corrected chi connectivity index (χ3v) is 5.64. The fourth-order valence-corrected chi connectivity index (χ4v) is 4.10. The van der Waals surface area contributed by atoms with Gasteiger partial charge in [-0.15, -0.1) is 0 Å². The Balaban J connectivity index is 1.57. The Labute approximate surface area is 173 Å². The van der Waals surface area contributed by atoms with Gasteiger partial charge in [-0.2, -0.15) is 4.98 Å². The normalized spacial score (nSPS) is 17.9. The third kappa shape index (κ3) is 3.31. The van der Waals surface area contributed by atoms with E-state index in [1.807, 2.05) is 0 Å². The van der Waals surface area contributed by atoms with Crippen molar-refractivity contribution < 1.29 is 28.3 Å². The highest BCUT2D eigenvalue weighted by Gasteiger charge is 2.51. The Morgan fingerprint density at radius 3 is 2.33 bits per heavy atom. The van der Waals surface area contributed by atoms with Crippen molar-refractivity contribution in [3.05, 3.63) is 18.0 Å². The molecule has 30 heavy (non-hydrogen) atoms. The van der Waals surface area contributed by atoms with Crippen LogP contribution in [-0.4, -0.2) is 53.8 Å². The molecular weight excluding hydrogens is 392 g/mol. The lowest BCUT2D eigenvalue weighted by Gasteiger charge is -2.30. The fourth-order valence-electron chi connectivity index (χ4n) is 4.10. The van der Waals surface area contributed by atoms with Gasteiger partial charge in [0.15, 0.2) is 11.5 Å². The summed E-state index contributed by atoms with van der Waals surface area (Å²) in [6, 6.07) is 2.97. The lowest BCUT2D eigenvalue weighted by molar-refractivity contribution is -0.133. The number of hydrogen-bond acceptors (Lipinski definition) is 8. The van der Waals surface area contributed by atoms with Crippen molar-refractivity contribution in [1.82, 2.24) is 20.4 Å². The number of carbonyl (C=O) groups is 2. The number of benzene rings is 1. The molecule has 3 amide bonds. The average Bonchev–Trinajstić information content (AvgIpc) is 3.32. The molecule has 0 radical (unpaired) electrons. The second-order valence-corrected chi connectivity index (χ2v) is 7.39. The molecular formula is C20H24N4O6. The monoisotopic (exact) mass is 416 g/mol. The second kappa shape index (κ2) is 7.85. The number of carbonyl (C=O) groups excluding carboxylic acids is 2. The molecule has 1 saturated heterocycles. The van der Waals surface area contributed by atoms with Gasteiger partial charge in [-0.3, -0.25) is 9.69 Å². The van der Waals surface area contributed by atoms with Crippen molar-refractivity contribution in [2.24, 2.45) is 0 Å². The minimum absolute atomic E-state index is 0.0795. The van der Waals surface area contributed by atoms with Crippen LogP contribution in [0.1, 0.15) is 38.0 Å². The van der Waals surface area contributed by atoms with E-state index in [4.69, 9.17) is 18.7 Å². The molecule has 2 aromatic rings. The number of amides is 3. The van der Waals surface area contributed by atoms with Crippen molar-refractivity contribution in [3.63, 3.8) is 0 Å². The molecule has 1 aromatic heterocycles. The van der Waals surface area contributed by atoms with E-state index < -0.39 is 11.6 Å². The molecule has 10 nitrogen and oxygen atoms in total. The molecule has 10 heteroatoms. The van der Waals surface area contributed by atoms with Gasteiger partial charge in [-0.1, -0.05) is 24.4 Å². The summed E-state index contributed by atoms with van der Waals surface area (Å²) in [7, 11) is 4.55. The Kier molecular flexibility index (Phi) is 5.23.